The van der Waals surface area contributed by atoms with Crippen molar-refractivity contribution in [2.45, 2.75) is 6.23 Å². The molecule has 0 aromatic carbocycles. The number of hydrogen-bond donors (Lipinski definition) is 2. The van der Waals surface area contributed by atoms with Crippen LogP contribution in [0.5, 0.6) is 0 Å². The van der Waals surface area contributed by atoms with Crippen molar-refractivity contribution >= 4 is 0 Å². The molecule has 1 heterocycles. The number of dihydropyridines is 1. The van der Waals surface area contributed by atoms with Gasteiger partial charge in [-0.15, -0.1) is 0 Å². The van der Waals surface area contributed by atoms with Gasteiger partial charge in [-0.05, 0) is 12.2 Å². The summed E-state index contributed by atoms with van der Waals surface area (Å²) in [6.07, 6.45) is 3.92. The number of allylic oxidation sites excluding steroid dienone is 2. The van der Waals surface area contributed by atoms with Crippen LogP contribution in [0.25, 0.3) is 0 Å². The van der Waals surface area contributed by atoms with Crippen LogP contribution in [0, 0.1) is 11.3 Å². The Kier molecular flexibility index (Phi) is 1.52. The summed E-state index contributed by atoms with van der Waals surface area (Å²) in [7, 11) is 0. The van der Waals surface area contributed by atoms with Crippen LogP contribution in [0.15, 0.2) is 23.9 Å². The van der Waals surface area contributed by atoms with Crippen LogP contribution in [-0.2, 0) is 0 Å². The fourth-order valence-corrected chi connectivity index (χ4v) is 0.543. The van der Waals surface area contributed by atoms with Crippen LogP contribution in [-0.4, -0.2) is 11.3 Å². The summed E-state index contributed by atoms with van der Waals surface area (Å²) < 4.78 is 0. The van der Waals surface area contributed by atoms with Crippen molar-refractivity contribution in [3.8, 4) is 6.07 Å². The molecule has 0 saturated heterocycles. The fraction of sp³-hybridized carbons (Fsp3) is 0.167. The highest BCUT2D eigenvalue weighted by atomic mass is 16.3. The second-order valence-corrected chi connectivity index (χ2v) is 1.68. The molecule has 0 radical (unpaired) electrons. The molecule has 0 fully saturated rings. The number of hydrogen-bond acceptors (Lipinski definition) is 3. The van der Waals surface area contributed by atoms with Crippen molar-refractivity contribution in [2.75, 3.05) is 0 Å². The first-order valence-electron chi connectivity index (χ1n) is 2.55. The fourth-order valence-electron chi connectivity index (χ4n) is 0.543. The van der Waals surface area contributed by atoms with Gasteiger partial charge in [0.1, 0.15) is 12.3 Å². The first kappa shape index (κ1) is 5.86. The van der Waals surface area contributed by atoms with Crippen LogP contribution in [0.1, 0.15) is 0 Å². The van der Waals surface area contributed by atoms with Crippen molar-refractivity contribution in [3.63, 3.8) is 0 Å². The standard InChI is InChI=1S/C6H6N2O/c7-3-5-1-2-6(9)8-4-5/h1-2,4,6,8-9H. The highest BCUT2D eigenvalue weighted by Crippen LogP contribution is 1.99. The maximum Gasteiger partial charge on any atom is 0.143 e. The number of aliphatic hydroxyl groups excluding tert-OH is 1. The Morgan fingerprint density at radius 2 is 2.56 bits per heavy atom. The molecule has 0 spiro atoms. The first-order chi connectivity index (χ1) is 4.33. The van der Waals surface area contributed by atoms with E-state index < -0.39 is 6.23 Å². The van der Waals surface area contributed by atoms with Crippen molar-refractivity contribution in [1.29, 1.82) is 5.26 Å². The van der Waals surface area contributed by atoms with E-state index in [-0.39, 0.29) is 0 Å². The predicted octanol–water partition coefficient (Wildman–Crippen LogP) is -0.128. The average Bonchev–Trinajstić information content (AvgIpc) is 1.90. The minimum Gasteiger partial charge on any atom is -0.370 e. The molecule has 1 atom stereocenters. The Bertz CT molecular complexity index is 200. The molecule has 0 aliphatic carbocycles. The maximum atomic E-state index is 8.77. The zero-order valence-electron chi connectivity index (χ0n) is 4.70. The monoisotopic (exact) mass is 122 g/mol. The second kappa shape index (κ2) is 2.33. The first-order valence-corrected chi connectivity index (χ1v) is 2.55. The lowest BCUT2D eigenvalue weighted by Gasteiger charge is -2.08. The lowest BCUT2D eigenvalue weighted by molar-refractivity contribution is 0.200. The van der Waals surface area contributed by atoms with Crippen LogP contribution >= 0.6 is 0 Å². The summed E-state index contributed by atoms with van der Waals surface area (Å²) in [5, 5.41) is 19.6. The molecule has 0 aromatic rings. The zero-order valence-corrected chi connectivity index (χ0v) is 4.70. The van der Waals surface area contributed by atoms with E-state index >= 15 is 0 Å². The average molecular weight is 122 g/mol. The van der Waals surface area contributed by atoms with Crippen LogP contribution in [0.4, 0.5) is 0 Å². The molecule has 3 nitrogen and oxygen atoms in total. The summed E-state index contributed by atoms with van der Waals surface area (Å²) in [6, 6.07) is 1.93. The van der Waals surface area contributed by atoms with Gasteiger partial charge in [0, 0.05) is 6.20 Å². The van der Waals surface area contributed by atoms with Gasteiger partial charge in [0.2, 0.25) is 0 Å². The molecular weight excluding hydrogens is 116 g/mol. The molecule has 1 aliphatic rings. The topological polar surface area (TPSA) is 56.0 Å². The third kappa shape index (κ3) is 1.31. The summed E-state index contributed by atoms with van der Waals surface area (Å²) in [5.74, 6) is 0. The smallest absolute Gasteiger partial charge is 0.143 e. The quantitative estimate of drug-likeness (QED) is 0.470. The van der Waals surface area contributed by atoms with Crippen molar-refractivity contribution in [2.24, 2.45) is 0 Å². The zero-order chi connectivity index (χ0) is 6.69. The van der Waals surface area contributed by atoms with Gasteiger partial charge in [0.05, 0.1) is 5.57 Å². The maximum absolute atomic E-state index is 8.77. The van der Waals surface area contributed by atoms with Gasteiger partial charge in [-0.25, -0.2) is 0 Å². The third-order valence-electron chi connectivity index (χ3n) is 0.997. The van der Waals surface area contributed by atoms with Crippen LogP contribution in [0.3, 0.4) is 0 Å². The number of nitrogens with zero attached hydrogens (tertiary/aromatic N) is 1. The van der Waals surface area contributed by atoms with Crippen molar-refractivity contribution < 1.29 is 5.11 Å². The molecule has 0 aromatic heterocycles. The predicted molar refractivity (Wildman–Crippen MR) is 32.0 cm³/mol. The van der Waals surface area contributed by atoms with Gasteiger partial charge in [0.15, 0.2) is 0 Å². The van der Waals surface area contributed by atoms with E-state index in [2.05, 4.69) is 5.32 Å². The Labute approximate surface area is 52.9 Å². The Morgan fingerprint density at radius 3 is 3.00 bits per heavy atom. The Morgan fingerprint density at radius 1 is 1.78 bits per heavy atom. The third-order valence-corrected chi connectivity index (χ3v) is 0.997. The minimum atomic E-state index is -0.637. The lowest BCUT2D eigenvalue weighted by atomic mass is 10.2. The van der Waals surface area contributed by atoms with E-state index in [1.165, 1.54) is 12.3 Å². The molecule has 1 rings (SSSR count). The van der Waals surface area contributed by atoms with Gasteiger partial charge in [0.25, 0.3) is 0 Å². The summed E-state index contributed by atoms with van der Waals surface area (Å²) in [5.41, 5.74) is 0.528. The van der Waals surface area contributed by atoms with Gasteiger partial charge < -0.3 is 10.4 Å². The van der Waals surface area contributed by atoms with Crippen LogP contribution in [0.2, 0.25) is 0 Å². The second-order valence-electron chi connectivity index (χ2n) is 1.68. The van der Waals surface area contributed by atoms with Gasteiger partial charge in [-0.1, -0.05) is 0 Å². The van der Waals surface area contributed by atoms with Crippen LogP contribution < -0.4 is 5.32 Å². The van der Waals surface area contributed by atoms with E-state index in [1.54, 1.807) is 6.08 Å². The lowest BCUT2D eigenvalue weighted by Crippen LogP contribution is -2.23. The highest BCUT2D eigenvalue weighted by Gasteiger charge is 2.00. The minimum absolute atomic E-state index is 0.528. The molecule has 0 saturated carbocycles. The number of rotatable bonds is 0. The largest absolute Gasteiger partial charge is 0.370 e. The molecule has 46 valence electrons. The molecule has 0 bridgehead atoms. The molecular formula is C6H6N2O. The Balaban J connectivity index is 2.66. The summed E-state index contributed by atoms with van der Waals surface area (Å²) in [6.45, 7) is 0. The molecule has 9 heavy (non-hydrogen) atoms. The van der Waals surface area contributed by atoms with E-state index in [4.69, 9.17) is 10.4 Å². The van der Waals surface area contributed by atoms with Gasteiger partial charge in [-0.2, -0.15) is 5.26 Å². The molecule has 3 heteroatoms. The van der Waals surface area contributed by atoms with Gasteiger partial charge in [-0.3, -0.25) is 0 Å². The summed E-state index contributed by atoms with van der Waals surface area (Å²) >= 11 is 0. The van der Waals surface area contributed by atoms with Crippen molar-refractivity contribution in [3.05, 3.63) is 23.9 Å². The highest BCUT2D eigenvalue weighted by molar-refractivity contribution is 5.34. The van der Waals surface area contributed by atoms with E-state index in [0.29, 0.717) is 5.57 Å². The van der Waals surface area contributed by atoms with E-state index in [0.717, 1.165) is 0 Å². The number of nitriles is 1. The molecule has 1 aliphatic heterocycles. The molecule has 1 unspecified atom stereocenters. The molecule has 2 N–H and O–H groups in total. The number of nitrogens with one attached hydrogen (secondary N) is 1. The molecule has 0 amide bonds. The van der Waals surface area contributed by atoms with Crippen molar-refractivity contribution in [1.82, 2.24) is 5.32 Å². The summed E-state index contributed by atoms with van der Waals surface area (Å²) in [4.78, 5) is 0. The van der Waals surface area contributed by atoms with Gasteiger partial charge >= 0.3 is 0 Å². The van der Waals surface area contributed by atoms with E-state index in [1.807, 2.05) is 6.07 Å². The normalized spacial score (nSPS) is 24.0. The Hall–Kier alpha value is -1.27. The number of aliphatic hydroxyl groups is 1. The van der Waals surface area contributed by atoms with E-state index in [9.17, 15) is 0 Å². The SMILES string of the molecule is N#CC1=CNC(O)C=C1.